The Labute approximate surface area is 152 Å². The van der Waals surface area contributed by atoms with Gasteiger partial charge in [-0.05, 0) is 80.5 Å². The first kappa shape index (κ1) is 17.5. The van der Waals surface area contributed by atoms with Gasteiger partial charge in [-0.15, -0.1) is 0 Å². The Hall–Kier alpha value is -0.860. The number of hydrogen-bond donors (Lipinski definition) is 0. The van der Waals surface area contributed by atoms with Crippen molar-refractivity contribution in [2.24, 2.45) is 34.5 Å². The molecule has 4 saturated carbocycles. The fourth-order valence-electron chi connectivity index (χ4n) is 7.37. The molecular formula is C22H34O3. The van der Waals surface area contributed by atoms with Crippen LogP contribution in [-0.2, 0) is 14.3 Å². The number of carbonyl (C=O) groups excluding carboxylic acids is 2. The predicted octanol–water partition coefficient (Wildman–Crippen LogP) is 4.92. The molecule has 4 aliphatic rings. The van der Waals surface area contributed by atoms with E-state index in [-0.39, 0.29) is 17.5 Å². The number of rotatable bonds is 2. The van der Waals surface area contributed by atoms with E-state index < -0.39 is 0 Å². The lowest BCUT2D eigenvalue weighted by Gasteiger charge is -2.60. The zero-order valence-electron chi connectivity index (χ0n) is 16.2. The van der Waals surface area contributed by atoms with Crippen molar-refractivity contribution in [1.29, 1.82) is 0 Å². The molecule has 0 aromatic carbocycles. The van der Waals surface area contributed by atoms with Crippen molar-refractivity contribution in [2.45, 2.75) is 91.1 Å². The van der Waals surface area contributed by atoms with Crippen molar-refractivity contribution in [3.8, 4) is 0 Å². The molecule has 4 aliphatic carbocycles. The van der Waals surface area contributed by atoms with Crippen LogP contribution in [0.3, 0.4) is 0 Å². The lowest BCUT2D eigenvalue weighted by Crippen LogP contribution is -2.54. The van der Waals surface area contributed by atoms with E-state index in [2.05, 4.69) is 13.8 Å². The first-order valence-corrected chi connectivity index (χ1v) is 10.6. The molecule has 0 aromatic heterocycles. The monoisotopic (exact) mass is 346 g/mol. The Morgan fingerprint density at radius 3 is 2.64 bits per heavy atom. The largest absolute Gasteiger partial charge is 0.462 e. The molecule has 0 N–H and O–H groups in total. The molecular weight excluding hydrogens is 312 g/mol. The highest BCUT2D eigenvalue weighted by atomic mass is 16.5. The molecule has 0 heterocycles. The zero-order valence-corrected chi connectivity index (χ0v) is 16.2. The van der Waals surface area contributed by atoms with Crippen LogP contribution in [0.15, 0.2) is 0 Å². The number of esters is 1. The van der Waals surface area contributed by atoms with Gasteiger partial charge in [0.05, 0.1) is 0 Å². The van der Waals surface area contributed by atoms with Crippen LogP contribution in [0, 0.1) is 34.5 Å². The molecule has 3 heteroatoms. The van der Waals surface area contributed by atoms with Gasteiger partial charge < -0.3 is 4.74 Å². The van der Waals surface area contributed by atoms with Crippen LogP contribution in [0.4, 0.5) is 0 Å². The summed E-state index contributed by atoms with van der Waals surface area (Å²) in [5, 5.41) is 0. The summed E-state index contributed by atoms with van der Waals surface area (Å²) in [6.07, 6.45) is 10.7. The highest BCUT2D eigenvalue weighted by Crippen LogP contribution is 2.65. The van der Waals surface area contributed by atoms with E-state index in [1.807, 2.05) is 6.92 Å². The maximum absolute atomic E-state index is 12.5. The van der Waals surface area contributed by atoms with Crippen molar-refractivity contribution in [3.63, 3.8) is 0 Å². The van der Waals surface area contributed by atoms with Crippen molar-refractivity contribution < 1.29 is 14.3 Å². The molecule has 4 rings (SSSR count). The van der Waals surface area contributed by atoms with Gasteiger partial charge in [-0.3, -0.25) is 9.59 Å². The Bertz CT molecular complexity index is 570. The number of ketones is 1. The van der Waals surface area contributed by atoms with Gasteiger partial charge in [-0.2, -0.15) is 0 Å². The highest BCUT2D eigenvalue weighted by molar-refractivity contribution is 5.87. The summed E-state index contributed by atoms with van der Waals surface area (Å²) in [4.78, 5) is 24.2. The lowest BCUT2D eigenvalue weighted by atomic mass is 9.45. The SMILES string of the molecule is CCC(=O)OC1CCC2(C)C3CCC4(C)C(=O)CCC4C3CC[C@H]2C1. The van der Waals surface area contributed by atoms with Gasteiger partial charge in [0, 0.05) is 18.3 Å². The second-order valence-electron chi connectivity index (χ2n) is 9.81. The molecule has 0 bridgehead atoms. The van der Waals surface area contributed by atoms with Gasteiger partial charge in [0.25, 0.3) is 0 Å². The third kappa shape index (κ3) is 2.59. The van der Waals surface area contributed by atoms with Gasteiger partial charge in [0.2, 0.25) is 0 Å². The van der Waals surface area contributed by atoms with Crippen molar-refractivity contribution in [3.05, 3.63) is 0 Å². The number of Topliss-reactive ketones (excluding diaryl/α,β-unsaturated/α-hetero) is 1. The predicted molar refractivity (Wildman–Crippen MR) is 96.9 cm³/mol. The first-order chi connectivity index (χ1) is 11.9. The third-order valence-corrected chi connectivity index (χ3v) is 8.91. The molecule has 0 spiro atoms. The summed E-state index contributed by atoms with van der Waals surface area (Å²) in [5.74, 6) is 3.35. The number of carbonyl (C=O) groups is 2. The minimum absolute atomic E-state index is 0.0157. The summed E-state index contributed by atoms with van der Waals surface area (Å²) in [6, 6.07) is 0. The van der Waals surface area contributed by atoms with Gasteiger partial charge in [0.15, 0.2) is 0 Å². The van der Waals surface area contributed by atoms with E-state index in [1.54, 1.807) is 0 Å². The maximum Gasteiger partial charge on any atom is 0.305 e. The molecule has 4 fully saturated rings. The Morgan fingerprint density at radius 2 is 1.88 bits per heavy atom. The number of fused-ring (bicyclic) bond motifs is 5. The normalized spacial score (nSPS) is 49.1. The van der Waals surface area contributed by atoms with Crippen LogP contribution in [-0.4, -0.2) is 17.9 Å². The van der Waals surface area contributed by atoms with Crippen LogP contribution < -0.4 is 0 Å². The van der Waals surface area contributed by atoms with Crippen LogP contribution >= 0.6 is 0 Å². The van der Waals surface area contributed by atoms with E-state index in [1.165, 1.54) is 25.7 Å². The third-order valence-electron chi connectivity index (χ3n) is 8.91. The summed E-state index contributed by atoms with van der Waals surface area (Å²) >= 11 is 0. The first-order valence-electron chi connectivity index (χ1n) is 10.6. The Balaban J connectivity index is 1.51. The topological polar surface area (TPSA) is 43.4 Å². The van der Waals surface area contributed by atoms with Crippen LogP contribution in [0.25, 0.3) is 0 Å². The molecule has 7 atom stereocenters. The van der Waals surface area contributed by atoms with Gasteiger partial charge in [0.1, 0.15) is 11.9 Å². The van der Waals surface area contributed by atoms with Crippen molar-refractivity contribution >= 4 is 11.8 Å². The second kappa shape index (κ2) is 6.09. The summed E-state index contributed by atoms with van der Waals surface area (Å²) in [7, 11) is 0. The summed E-state index contributed by atoms with van der Waals surface area (Å²) < 4.78 is 5.69. The summed E-state index contributed by atoms with van der Waals surface area (Å²) in [6.45, 7) is 6.66. The van der Waals surface area contributed by atoms with Crippen molar-refractivity contribution in [1.82, 2.24) is 0 Å². The molecule has 6 unspecified atom stereocenters. The van der Waals surface area contributed by atoms with E-state index in [9.17, 15) is 9.59 Å². The maximum atomic E-state index is 12.5. The number of hydrogen-bond acceptors (Lipinski definition) is 3. The van der Waals surface area contributed by atoms with Crippen LogP contribution in [0.5, 0.6) is 0 Å². The smallest absolute Gasteiger partial charge is 0.305 e. The molecule has 0 saturated heterocycles. The molecule has 0 amide bonds. The Morgan fingerprint density at radius 1 is 1.08 bits per heavy atom. The molecule has 0 aliphatic heterocycles. The van der Waals surface area contributed by atoms with E-state index >= 15 is 0 Å². The molecule has 0 radical (unpaired) electrons. The average Bonchev–Trinajstić information content (AvgIpc) is 2.90. The lowest BCUT2D eigenvalue weighted by molar-refractivity contribution is -0.161. The van der Waals surface area contributed by atoms with Gasteiger partial charge in [-0.1, -0.05) is 20.8 Å². The molecule has 3 nitrogen and oxygen atoms in total. The van der Waals surface area contributed by atoms with Gasteiger partial charge in [-0.25, -0.2) is 0 Å². The highest BCUT2D eigenvalue weighted by Gasteiger charge is 2.60. The minimum Gasteiger partial charge on any atom is -0.462 e. The minimum atomic E-state index is -0.0415. The van der Waals surface area contributed by atoms with E-state index in [0.717, 1.165) is 43.9 Å². The van der Waals surface area contributed by atoms with Crippen molar-refractivity contribution in [2.75, 3.05) is 0 Å². The fraction of sp³-hybridized carbons (Fsp3) is 0.909. The standard InChI is InChI=1S/C22H34O3/c1-4-20(24)25-15-9-11-21(2)14(13-15)5-6-16-17-7-8-19(23)22(17,3)12-10-18(16)21/h14-18H,4-13H2,1-3H3/t14-,15?,16?,17?,18?,21?,22?/m0/s1. The second-order valence-corrected chi connectivity index (χ2v) is 9.81. The van der Waals surface area contributed by atoms with Crippen LogP contribution in [0.1, 0.15) is 85.0 Å². The quantitative estimate of drug-likeness (QED) is 0.667. The molecule has 0 aromatic rings. The molecule has 25 heavy (non-hydrogen) atoms. The number of ether oxygens (including phenoxy) is 1. The molecule has 140 valence electrons. The zero-order chi connectivity index (χ0) is 17.8. The average molecular weight is 347 g/mol. The van der Waals surface area contributed by atoms with Crippen LogP contribution in [0.2, 0.25) is 0 Å². The van der Waals surface area contributed by atoms with Gasteiger partial charge >= 0.3 is 5.97 Å². The van der Waals surface area contributed by atoms with E-state index in [4.69, 9.17) is 4.74 Å². The fourth-order valence-corrected chi connectivity index (χ4v) is 7.37. The Kier molecular flexibility index (Phi) is 4.28. The summed E-state index contributed by atoms with van der Waals surface area (Å²) in [5.41, 5.74) is 0.378. The van der Waals surface area contributed by atoms with E-state index in [0.29, 0.717) is 29.5 Å².